The van der Waals surface area contributed by atoms with E-state index in [1.807, 2.05) is 48.7 Å². The first kappa shape index (κ1) is 17.0. The van der Waals surface area contributed by atoms with E-state index < -0.39 is 16.2 Å². The first-order valence-corrected chi connectivity index (χ1v) is 9.34. The van der Waals surface area contributed by atoms with Crippen molar-refractivity contribution in [1.82, 2.24) is 4.57 Å². The van der Waals surface area contributed by atoms with Gasteiger partial charge in [0.25, 0.3) is 0 Å². The number of amides is 1. The molecule has 6 nitrogen and oxygen atoms in total. The van der Waals surface area contributed by atoms with Crippen molar-refractivity contribution < 1.29 is 17.4 Å². The highest BCUT2D eigenvalue weighted by molar-refractivity contribution is 7.87. The highest BCUT2D eigenvalue weighted by Crippen LogP contribution is 2.20. The number of rotatable bonds is 6. The molecule has 3 rings (SSSR count). The number of hydrogen-bond donors (Lipinski definition) is 1. The zero-order valence-electron chi connectivity index (χ0n) is 13.5. The smallest absolute Gasteiger partial charge is 0.343 e. The summed E-state index contributed by atoms with van der Waals surface area (Å²) in [5.74, 6) is -0.299. The maximum absolute atomic E-state index is 11.6. The van der Waals surface area contributed by atoms with Crippen molar-refractivity contribution in [3.8, 4) is 0 Å². The Bertz CT molecular complexity index is 994. The maximum Gasteiger partial charge on any atom is 0.420 e. The monoisotopic (exact) mass is 358 g/mol. The lowest BCUT2D eigenvalue weighted by Crippen LogP contribution is -2.21. The normalized spacial score (nSPS) is 11.5. The topological polar surface area (TPSA) is 91.4 Å². The molecule has 0 aliphatic heterocycles. The molecule has 3 aromatic rings. The Morgan fingerprint density at radius 1 is 1.04 bits per heavy atom. The van der Waals surface area contributed by atoms with Gasteiger partial charge in [-0.2, -0.15) is 8.42 Å². The van der Waals surface area contributed by atoms with E-state index in [-0.39, 0.29) is 12.2 Å². The van der Waals surface area contributed by atoms with Gasteiger partial charge in [0, 0.05) is 18.3 Å². The molecule has 0 spiro atoms. The van der Waals surface area contributed by atoms with Crippen LogP contribution in [0.5, 0.6) is 0 Å². The van der Waals surface area contributed by atoms with Crippen LogP contribution in [0.4, 0.5) is 4.79 Å². The standard InChI is InChI=1S/C18H18N2O4S/c19-18(21)24-25(22,23)11-9-14-6-7-17-16(12-14)8-10-20(17)13-15-4-2-1-3-5-15/h1-8,10,12H,9,11,13H2,(H2,19,21). The summed E-state index contributed by atoms with van der Waals surface area (Å²) >= 11 is 0. The number of hydrogen-bond acceptors (Lipinski definition) is 4. The average Bonchev–Trinajstić information content (AvgIpc) is 2.95. The number of nitrogens with zero attached hydrogens (tertiary/aromatic N) is 1. The molecule has 0 aliphatic rings. The summed E-state index contributed by atoms with van der Waals surface area (Å²) in [6.07, 6.45) is 0.942. The van der Waals surface area contributed by atoms with E-state index in [0.29, 0.717) is 0 Å². The van der Waals surface area contributed by atoms with Crippen molar-refractivity contribution >= 4 is 27.1 Å². The minimum absolute atomic E-state index is 0.245. The molecule has 0 aliphatic carbocycles. The van der Waals surface area contributed by atoms with Gasteiger partial charge < -0.3 is 14.5 Å². The van der Waals surface area contributed by atoms with E-state index in [2.05, 4.69) is 20.9 Å². The molecule has 2 aromatic carbocycles. The number of benzene rings is 2. The van der Waals surface area contributed by atoms with Crippen LogP contribution in [0.2, 0.25) is 0 Å². The van der Waals surface area contributed by atoms with E-state index >= 15 is 0 Å². The van der Waals surface area contributed by atoms with Crippen molar-refractivity contribution in [2.75, 3.05) is 5.75 Å². The summed E-state index contributed by atoms with van der Waals surface area (Å²) in [6, 6.07) is 17.9. The van der Waals surface area contributed by atoms with E-state index in [0.717, 1.165) is 23.0 Å². The van der Waals surface area contributed by atoms with Crippen LogP contribution in [0.25, 0.3) is 10.9 Å². The molecule has 0 radical (unpaired) electrons. The van der Waals surface area contributed by atoms with Crippen molar-refractivity contribution in [2.24, 2.45) is 5.73 Å². The van der Waals surface area contributed by atoms with Gasteiger partial charge in [0.05, 0.1) is 5.75 Å². The third-order valence-corrected chi connectivity index (χ3v) is 5.00. The van der Waals surface area contributed by atoms with Crippen LogP contribution in [-0.4, -0.2) is 24.8 Å². The molecule has 2 N–H and O–H groups in total. The van der Waals surface area contributed by atoms with E-state index in [9.17, 15) is 13.2 Å². The lowest BCUT2D eigenvalue weighted by Gasteiger charge is -2.07. The maximum atomic E-state index is 11.6. The fraction of sp³-hybridized carbons (Fsp3) is 0.167. The minimum atomic E-state index is -3.95. The quantitative estimate of drug-likeness (QED) is 0.686. The summed E-state index contributed by atoms with van der Waals surface area (Å²) in [5.41, 5.74) is 7.87. The number of aryl methyl sites for hydroxylation is 1. The fourth-order valence-electron chi connectivity index (χ4n) is 2.73. The third kappa shape index (κ3) is 4.39. The van der Waals surface area contributed by atoms with Gasteiger partial charge in [-0.15, -0.1) is 0 Å². The molecule has 1 heterocycles. The van der Waals surface area contributed by atoms with Crippen molar-refractivity contribution in [1.29, 1.82) is 0 Å². The summed E-state index contributed by atoms with van der Waals surface area (Å²) < 4.78 is 29.4. The molecule has 7 heteroatoms. The largest absolute Gasteiger partial charge is 0.420 e. The second-order valence-electron chi connectivity index (χ2n) is 5.74. The molecule has 0 saturated carbocycles. The molecular weight excluding hydrogens is 340 g/mol. The predicted octanol–water partition coefficient (Wildman–Crippen LogP) is 2.66. The summed E-state index contributed by atoms with van der Waals surface area (Å²) in [6.45, 7) is 0.768. The van der Waals surface area contributed by atoms with E-state index in [4.69, 9.17) is 5.73 Å². The Kier molecular flexibility index (Phi) is 4.76. The van der Waals surface area contributed by atoms with Gasteiger partial charge in [-0.05, 0) is 41.1 Å². The van der Waals surface area contributed by atoms with Crippen LogP contribution >= 0.6 is 0 Å². The number of aromatic nitrogens is 1. The zero-order valence-corrected chi connectivity index (χ0v) is 14.3. The highest BCUT2D eigenvalue weighted by atomic mass is 32.2. The van der Waals surface area contributed by atoms with Gasteiger partial charge >= 0.3 is 16.2 Å². The molecule has 1 amide bonds. The number of fused-ring (bicyclic) bond motifs is 1. The van der Waals surface area contributed by atoms with Crippen LogP contribution < -0.4 is 5.73 Å². The Hall–Kier alpha value is -2.80. The Balaban J connectivity index is 1.75. The molecule has 0 bridgehead atoms. The van der Waals surface area contributed by atoms with Crippen molar-refractivity contribution in [3.05, 3.63) is 71.9 Å². The number of carbonyl (C=O) groups is 1. The van der Waals surface area contributed by atoms with E-state index in [1.54, 1.807) is 0 Å². The predicted molar refractivity (Wildman–Crippen MR) is 95.6 cm³/mol. The Labute approximate surface area is 145 Å². The molecule has 0 saturated heterocycles. The number of nitrogens with two attached hydrogens (primary N) is 1. The molecule has 0 fully saturated rings. The molecule has 1 aromatic heterocycles. The Morgan fingerprint density at radius 3 is 2.52 bits per heavy atom. The Morgan fingerprint density at radius 2 is 1.80 bits per heavy atom. The number of primary amides is 1. The van der Waals surface area contributed by atoms with Crippen molar-refractivity contribution in [2.45, 2.75) is 13.0 Å². The molecular formula is C18H18N2O4S. The van der Waals surface area contributed by atoms with Crippen LogP contribution in [0.15, 0.2) is 60.8 Å². The lowest BCUT2D eigenvalue weighted by atomic mass is 10.1. The van der Waals surface area contributed by atoms with Gasteiger partial charge in [-0.3, -0.25) is 0 Å². The molecule has 25 heavy (non-hydrogen) atoms. The minimum Gasteiger partial charge on any atom is -0.343 e. The van der Waals surface area contributed by atoms with Crippen LogP contribution in [-0.2, 0) is 27.3 Å². The van der Waals surface area contributed by atoms with Crippen LogP contribution in [0.3, 0.4) is 0 Å². The van der Waals surface area contributed by atoms with Gasteiger partial charge in [0.2, 0.25) is 0 Å². The van der Waals surface area contributed by atoms with Gasteiger partial charge in [-0.1, -0.05) is 36.4 Å². The molecule has 0 atom stereocenters. The zero-order chi connectivity index (χ0) is 17.9. The van der Waals surface area contributed by atoms with Gasteiger partial charge in [-0.25, -0.2) is 4.79 Å². The van der Waals surface area contributed by atoms with Gasteiger partial charge in [0.15, 0.2) is 0 Å². The summed E-state index contributed by atoms with van der Waals surface area (Å²) in [7, 11) is -3.95. The van der Waals surface area contributed by atoms with Crippen molar-refractivity contribution in [3.63, 3.8) is 0 Å². The first-order valence-electron chi connectivity index (χ1n) is 7.76. The molecule has 0 unspecified atom stereocenters. The van der Waals surface area contributed by atoms with Gasteiger partial charge in [0.1, 0.15) is 0 Å². The fourth-order valence-corrected chi connectivity index (χ4v) is 3.55. The summed E-state index contributed by atoms with van der Waals surface area (Å²) in [5, 5.41) is 1.03. The van der Waals surface area contributed by atoms with Crippen LogP contribution in [0.1, 0.15) is 11.1 Å². The number of carbonyl (C=O) groups excluding carboxylic acids is 1. The SMILES string of the molecule is NC(=O)OS(=O)(=O)CCc1ccc2c(ccn2Cc2ccccc2)c1. The second-order valence-corrected chi connectivity index (χ2v) is 7.43. The lowest BCUT2D eigenvalue weighted by molar-refractivity contribution is 0.213. The summed E-state index contributed by atoms with van der Waals surface area (Å²) in [4.78, 5) is 10.6. The first-order chi connectivity index (χ1) is 11.9. The average molecular weight is 358 g/mol. The highest BCUT2D eigenvalue weighted by Gasteiger charge is 2.15. The third-order valence-electron chi connectivity index (χ3n) is 3.88. The van der Waals surface area contributed by atoms with E-state index in [1.165, 1.54) is 5.56 Å². The van der Waals surface area contributed by atoms with Crippen LogP contribution in [0, 0.1) is 0 Å². The second kappa shape index (κ2) is 6.98. The molecule has 130 valence electrons.